The summed E-state index contributed by atoms with van der Waals surface area (Å²) in [4.78, 5) is 0. The molecule has 1 aromatic heterocycles. The van der Waals surface area contributed by atoms with Crippen LogP contribution in [0.15, 0.2) is 30.5 Å². The minimum atomic E-state index is 0.597. The van der Waals surface area contributed by atoms with E-state index in [0.717, 1.165) is 26.0 Å². The molecular formula is C14H20N2O. The second-order valence-electron chi connectivity index (χ2n) is 4.27. The number of nitrogens with zero attached hydrogens (tertiary/aromatic N) is 1. The second-order valence-corrected chi connectivity index (χ2v) is 4.27. The van der Waals surface area contributed by atoms with Crippen molar-refractivity contribution in [3.63, 3.8) is 0 Å². The maximum Gasteiger partial charge on any atom is 0.0525 e. The third kappa shape index (κ3) is 2.68. The Kier molecular flexibility index (Phi) is 4.18. The summed E-state index contributed by atoms with van der Waals surface area (Å²) in [5.74, 6) is 0. The standard InChI is InChI=1S/C14H20N2O/c1-17-10-3-2-8-16-9-7-12-5-4-6-13(11-15)14(12)16/h4-7,9H,2-3,8,10-11,15H2,1H3. The second kappa shape index (κ2) is 5.84. The molecule has 0 atom stereocenters. The van der Waals surface area contributed by atoms with E-state index < -0.39 is 0 Å². The largest absolute Gasteiger partial charge is 0.385 e. The molecule has 17 heavy (non-hydrogen) atoms. The third-order valence-corrected chi connectivity index (χ3v) is 3.09. The van der Waals surface area contributed by atoms with Gasteiger partial charge in [0.25, 0.3) is 0 Å². The molecule has 0 fully saturated rings. The van der Waals surface area contributed by atoms with Crippen molar-refractivity contribution in [2.24, 2.45) is 5.73 Å². The molecule has 2 aromatic rings. The normalized spacial score (nSPS) is 11.2. The fourth-order valence-corrected chi connectivity index (χ4v) is 2.22. The average molecular weight is 232 g/mol. The Morgan fingerprint density at radius 1 is 1.24 bits per heavy atom. The van der Waals surface area contributed by atoms with E-state index in [0.29, 0.717) is 6.54 Å². The van der Waals surface area contributed by atoms with Crippen LogP contribution in [0, 0.1) is 0 Å². The van der Waals surface area contributed by atoms with Crippen molar-refractivity contribution in [1.29, 1.82) is 0 Å². The Hall–Kier alpha value is -1.32. The zero-order valence-corrected chi connectivity index (χ0v) is 10.4. The molecular weight excluding hydrogens is 212 g/mol. The molecule has 0 spiro atoms. The highest BCUT2D eigenvalue weighted by Gasteiger charge is 2.04. The van der Waals surface area contributed by atoms with Gasteiger partial charge in [-0.2, -0.15) is 0 Å². The molecule has 0 radical (unpaired) electrons. The Morgan fingerprint density at radius 2 is 2.12 bits per heavy atom. The zero-order chi connectivity index (χ0) is 12.1. The molecule has 0 amide bonds. The molecule has 1 heterocycles. The Bertz CT molecular complexity index is 476. The summed E-state index contributed by atoms with van der Waals surface area (Å²) in [6, 6.07) is 8.47. The number of benzene rings is 1. The number of hydrogen-bond donors (Lipinski definition) is 1. The predicted molar refractivity (Wildman–Crippen MR) is 70.9 cm³/mol. The number of para-hydroxylation sites is 1. The first-order chi connectivity index (χ1) is 8.36. The van der Waals surface area contributed by atoms with Gasteiger partial charge in [-0.25, -0.2) is 0 Å². The summed E-state index contributed by atoms with van der Waals surface area (Å²) in [6.07, 6.45) is 4.38. The molecule has 1 aromatic carbocycles. The van der Waals surface area contributed by atoms with Crippen LogP contribution in [-0.2, 0) is 17.8 Å². The Morgan fingerprint density at radius 3 is 2.88 bits per heavy atom. The van der Waals surface area contributed by atoms with E-state index in [4.69, 9.17) is 10.5 Å². The SMILES string of the molecule is COCCCCn1ccc2cccc(CN)c21. The minimum absolute atomic E-state index is 0.597. The highest BCUT2D eigenvalue weighted by Crippen LogP contribution is 2.20. The van der Waals surface area contributed by atoms with Gasteiger partial charge < -0.3 is 15.0 Å². The molecule has 0 aliphatic rings. The lowest BCUT2D eigenvalue weighted by molar-refractivity contribution is 0.191. The number of nitrogens with two attached hydrogens (primary N) is 1. The zero-order valence-electron chi connectivity index (χ0n) is 10.4. The van der Waals surface area contributed by atoms with Crippen LogP contribution < -0.4 is 5.73 Å². The minimum Gasteiger partial charge on any atom is -0.385 e. The summed E-state index contributed by atoms with van der Waals surface area (Å²) in [5, 5.41) is 1.28. The van der Waals surface area contributed by atoms with Gasteiger partial charge in [-0.1, -0.05) is 18.2 Å². The van der Waals surface area contributed by atoms with E-state index in [2.05, 4.69) is 35.0 Å². The Balaban J connectivity index is 2.16. The van der Waals surface area contributed by atoms with Gasteiger partial charge in [0.2, 0.25) is 0 Å². The van der Waals surface area contributed by atoms with Gasteiger partial charge in [0.05, 0.1) is 5.52 Å². The summed E-state index contributed by atoms with van der Waals surface area (Å²) >= 11 is 0. The quantitative estimate of drug-likeness (QED) is 0.777. The molecule has 2 rings (SSSR count). The molecule has 3 heteroatoms. The number of aromatic nitrogens is 1. The first kappa shape index (κ1) is 12.1. The summed E-state index contributed by atoms with van der Waals surface area (Å²) in [7, 11) is 1.75. The fourth-order valence-electron chi connectivity index (χ4n) is 2.22. The molecule has 3 nitrogen and oxygen atoms in total. The lowest BCUT2D eigenvalue weighted by atomic mass is 10.1. The first-order valence-corrected chi connectivity index (χ1v) is 6.12. The lowest BCUT2D eigenvalue weighted by Crippen LogP contribution is -2.03. The smallest absolute Gasteiger partial charge is 0.0525 e. The highest BCUT2D eigenvalue weighted by molar-refractivity contribution is 5.83. The van der Waals surface area contributed by atoms with Crippen molar-refractivity contribution in [2.45, 2.75) is 25.9 Å². The monoisotopic (exact) mass is 232 g/mol. The molecule has 0 saturated heterocycles. The first-order valence-electron chi connectivity index (χ1n) is 6.12. The van der Waals surface area contributed by atoms with E-state index in [-0.39, 0.29) is 0 Å². The maximum atomic E-state index is 5.79. The molecule has 0 bridgehead atoms. The van der Waals surface area contributed by atoms with Crippen LogP contribution in [0.1, 0.15) is 18.4 Å². The van der Waals surface area contributed by atoms with Gasteiger partial charge in [0, 0.05) is 33.0 Å². The number of aryl methyl sites for hydroxylation is 1. The van der Waals surface area contributed by atoms with Gasteiger partial charge in [-0.3, -0.25) is 0 Å². The van der Waals surface area contributed by atoms with Crippen molar-refractivity contribution >= 4 is 10.9 Å². The van der Waals surface area contributed by atoms with Gasteiger partial charge in [0.15, 0.2) is 0 Å². The number of fused-ring (bicyclic) bond motifs is 1. The van der Waals surface area contributed by atoms with Gasteiger partial charge in [0.1, 0.15) is 0 Å². The van der Waals surface area contributed by atoms with Crippen LogP contribution in [-0.4, -0.2) is 18.3 Å². The van der Waals surface area contributed by atoms with Crippen LogP contribution in [0.5, 0.6) is 0 Å². The maximum absolute atomic E-state index is 5.79. The number of rotatable bonds is 6. The van der Waals surface area contributed by atoms with Crippen LogP contribution in [0.3, 0.4) is 0 Å². The van der Waals surface area contributed by atoms with Crippen LogP contribution >= 0.6 is 0 Å². The van der Waals surface area contributed by atoms with Gasteiger partial charge in [-0.05, 0) is 29.9 Å². The molecule has 2 N–H and O–H groups in total. The van der Waals surface area contributed by atoms with E-state index in [1.54, 1.807) is 7.11 Å². The van der Waals surface area contributed by atoms with E-state index in [1.165, 1.54) is 16.5 Å². The van der Waals surface area contributed by atoms with Crippen LogP contribution in [0.4, 0.5) is 0 Å². The van der Waals surface area contributed by atoms with Crippen molar-refractivity contribution in [2.75, 3.05) is 13.7 Å². The number of ether oxygens (including phenoxy) is 1. The third-order valence-electron chi connectivity index (χ3n) is 3.09. The summed E-state index contributed by atoms with van der Waals surface area (Å²) in [6.45, 7) is 2.46. The molecule has 92 valence electrons. The lowest BCUT2D eigenvalue weighted by Gasteiger charge is -2.08. The summed E-state index contributed by atoms with van der Waals surface area (Å²) in [5.41, 5.74) is 8.29. The average Bonchev–Trinajstić information content (AvgIpc) is 2.78. The molecule has 0 aliphatic carbocycles. The van der Waals surface area contributed by atoms with E-state index >= 15 is 0 Å². The fraction of sp³-hybridized carbons (Fsp3) is 0.429. The number of hydrogen-bond acceptors (Lipinski definition) is 2. The van der Waals surface area contributed by atoms with Gasteiger partial charge in [-0.15, -0.1) is 0 Å². The Labute approximate surface area is 102 Å². The topological polar surface area (TPSA) is 40.2 Å². The predicted octanol–water partition coefficient (Wildman–Crippen LogP) is 2.53. The van der Waals surface area contributed by atoms with Crippen molar-refractivity contribution in [1.82, 2.24) is 4.57 Å². The van der Waals surface area contributed by atoms with Gasteiger partial charge >= 0.3 is 0 Å². The highest BCUT2D eigenvalue weighted by atomic mass is 16.5. The van der Waals surface area contributed by atoms with Crippen molar-refractivity contribution in [3.05, 3.63) is 36.0 Å². The van der Waals surface area contributed by atoms with Crippen molar-refractivity contribution < 1.29 is 4.74 Å². The van der Waals surface area contributed by atoms with E-state index in [1.807, 2.05) is 0 Å². The number of unbranched alkanes of at least 4 members (excludes halogenated alkanes) is 1. The van der Waals surface area contributed by atoms with E-state index in [9.17, 15) is 0 Å². The molecule has 0 aliphatic heterocycles. The van der Waals surface area contributed by atoms with Crippen LogP contribution in [0.25, 0.3) is 10.9 Å². The summed E-state index contributed by atoms with van der Waals surface area (Å²) < 4.78 is 7.36. The van der Waals surface area contributed by atoms with Crippen LogP contribution in [0.2, 0.25) is 0 Å². The van der Waals surface area contributed by atoms with Crippen molar-refractivity contribution in [3.8, 4) is 0 Å². The number of methoxy groups -OCH3 is 1. The molecule has 0 saturated carbocycles. The molecule has 0 unspecified atom stereocenters.